The van der Waals surface area contributed by atoms with E-state index in [1.54, 1.807) is 6.07 Å². The number of hydrogen-bond donors (Lipinski definition) is 1. The first-order valence-electron chi connectivity index (χ1n) is 8.02. The molecule has 0 saturated carbocycles. The van der Waals surface area contributed by atoms with Crippen LogP contribution in [0.25, 0.3) is 0 Å². The van der Waals surface area contributed by atoms with Gasteiger partial charge in [-0.3, -0.25) is 9.78 Å². The molecule has 1 aromatic carbocycles. The third-order valence-electron chi connectivity index (χ3n) is 3.81. The molecule has 1 N–H and O–H groups in total. The number of pyridine rings is 1. The molecule has 4 nitrogen and oxygen atoms in total. The number of carbonyl (C=O) groups excluding carboxylic acids is 1. The molecule has 0 unspecified atom stereocenters. The van der Waals surface area contributed by atoms with Crippen LogP contribution in [0.5, 0.6) is 0 Å². The Bertz CT molecular complexity index is 792. The number of hydrogen-bond acceptors (Lipinski definition) is 4. The highest BCUT2D eigenvalue weighted by Gasteiger charge is 2.09. The molecule has 4 heteroatoms. The smallest absolute Gasteiger partial charge is 0.199 e. The van der Waals surface area contributed by atoms with Gasteiger partial charge < -0.3 is 9.73 Å². The molecule has 0 spiro atoms. The van der Waals surface area contributed by atoms with Crippen LogP contribution >= 0.6 is 0 Å². The first-order valence-corrected chi connectivity index (χ1v) is 8.02. The van der Waals surface area contributed by atoms with Crippen LogP contribution in [0, 0.1) is 6.92 Å². The van der Waals surface area contributed by atoms with Crippen molar-refractivity contribution in [3.05, 3.63) is 83.6 Å². The molecule has 24 heavy (non-hydrogen) atoms. The van der Waals surface area contributed by atoms with Gasteiger partial charge in [0.1, 0.15) is 5.76 Å². The summed E-state index contributed by atoms with van der Waals surface area (Å²) in [6.45, 7) is 2.42. The number of anilines is 1. The molecule has 2 aromatic heterocycles. The molecule has 2 heterocycles. The summed E-state index contributed by atoms with van der Waals surface area (Å²) in [5, 5.41) is 3.27. The number of rotatable bonds is 7. The van der Waals surface area contributed by atoms with Crippen molar-refractivity contribution in [3.63, 3.8) is 0 Å². The van der Waals surface area contributed by atoms with Crippen molar-refractivity contribution in [1.29, 1.82) is 0 Å². The lowest BCUT2D eigenvalue weighted by Gasteiger charge is -2.07. The van der Waals surface area contributed by atoms with E-state index in [4.69, 9.17) is 4.42 Å². The minimum absolute atomic E-state index is 0.0184. The molecule has 0 aliphatic rings. The van der Waals surface area contributed by atoms with Gasteiger partial charge in [-0.15, -0.1) is 0 Å². The van der Waals surface area contributed by atoms with Gasteiger partial charge in [0, 0.05) is 31.0 Å². The average Bonchev–Trinajstić information content (AvgIpc) is 3.04. The van der Waals surface area contributed by atoms with E-state index in [1.807, 2.05) is 49.6 Å². The lowest BCUT2D eigenvalue weighted by molar-refractivity contribution is 0.0958. The zero-order valence-electron chi connectivity index (χ0n) is 13.7. The topological polar surface area (TPSA) is 55.1 Å². The number of furan rings is 1. The maximum Gasteiger partial charge on any atom is 0.199 e. The minimum Gasteiger partial charge on any atom is -0.458 e. The normalized spacial score (nSPS) is 10.5. The van der Waals surface area contributed by atoms with Gasteiger partial charge in [-0.2, -0.15) is 0 Å². The first-order chi connectivity index (χ1) is 11.7. The van der Waals surface area contributed by atoms with Gasteiger partial charge in [0.05, 0.1) is 0 Å². The lowest BCUT2D eigenvalue weighted by Crippen LogP contribution is -2.08. The maximum absolute atomic E-state index is 12.0. The summed E-state index contributed by atoms with van der Waals surface area (Å²) in [5.74, 6) is 1.21. The second kappa shape index (κ2) is 7.59. The molecule has 0 bridgehead atoms. The predicted molar refractivity (Wildman–Crippen MR) is 94.4 cm³/mol. The van der Waals surface area contributed by atoms with Crippen molar-refractivity contribution in [2.45, 2.75) is 19.8 Å². The highest BCUT2D eigenvalue weighted by Crippen LogP contribution is 2.14. The number of nitrogens with one attached hydrogen (secondary N) is 1. The SMILES string of the molecule is Cc1ccc(C(=O)CCNc2ccc(Cc3ccncc3)cc2)o1. The van der Waals surface area contributed by atoms with Gasteiger partial charge in [0.15, 0.2) is 11.5 Å². The van der Waals surface area contributed by atoms with E-state index in [9.17, 15) is 4.79 Å². The Morgan fingerprint density at radius 1 is 1.00 bits per heavy atom. The Morgan fingerprint density at radius 3 is 2.38 bits per heavy atom. The molecular formula is C20H20N2O2. The average molecular weight is 320 g/mol. The maximum atomic E-state index is 12.0. The van der Waals surface area contributed by atoms with Gasteiger partial charge in [-0.05, 0) is 60.9 Å². The van der Waals surface area contributed by atoms with Gasteiger partial charge in [-0.25, -0.2) is 0 Å². The minimum atomic E-state index is 0.0184. The number of ketones is 1. The molecule has 0 saturated heterocycles. The quantitative estimate of drug-likeness (QED) is 0.661. The Morgan fingerprint density at radius 2 is 1.71 bits per heavy atom. The van der Waals surface area contributed by atoms with Gasteiger partial charge in [0.2, 0.25) is 0 Å². The third-order valence-corrected chi connectivity index (χ3v) is 3.81. The van der Waals surface area contributed by atoms with Crippen LogP contribution in [0.15, 0.2) is 65.3 Å². The van der Waals surface area contributed by atoms with E-state index < -0.39 is 0 Å². The van der Waals surface area contributed by atoms with E-state index in [0.29, 0.717) is 18.7 Å². The molecule has 0 aliphatic heterocycles. The van der Waals surface area contributed by atoms with Crippen molar-refractivity contribution in [3.8, 4) is 0 Å². The first kappa shape index (κ1) is 16.0. The fourth-order valence-corrected chi connectivity index (χ4v) is 2.50. The number of benzene rings is 1. The van der Waals surface area contributed by atoms with Gasteiger partial charge in [-0.1, -0.05) is 12.1 Å². The van der Waals surface area contributed by atoms with Crippen LogP contribution in [-0.2, 0) is 6.42 Å². The summed E-state index contributed by atoms with van der Waals surface area (Å²) in [7, 11) is 0. The van der Waals surface area contributed by atoms with Crippen LogP contribution in [0.4, 0.5) is 5.69 Å². The molecule has 0 fully saturated rings. The molecule has 0 amide bonds. The third kappa shape index (κ3) is 4.32. The molecule has 3 aromatic rings. The fraction of sp³-hybridized carbons (Fsp3) is 0.200. The monoisotopic (exact) mass is 320 g/mol. The second-order valence-corrected chi connectivity index (χ2v) is 5.74. The standard InChI is InChI=1S/C20H20N2O2/c1-15-2-7-20(24-15)19(23)10-13-22-18-5-3-16(4-6-18)14-17-8-11-21-12-9-17/h2-9,11-12,22H,10,13-14H2,1H3. The zero-order chi connectivity index (χ0) is 16.8. The number of aromatic nitrogens is 1. The van der Waals surface area contributed by atoms with Crippen LogP contribution in [0.2, 0.25) is 0 Å². The van der Waals surface area contributed by atoms with Crippen molar-refractivity contribution < 1.29 is 9.21 Å². The Balaban J connectivity index is 1.48. The summed E-state index contributed by atoms with van der Waals surface area (Å²) in [6.07, 6.45) is 4.91. The summed E-state index contributed by atoms with van der Waals surface area (Å²) < 4.78 is 5.34. The molecule has 0 aliphatic carbocycles. The number of carbonyl (C=O) groups is 1. The summed E-state index contributed by atoms with van der Waals surface area (Å²) >= 11 is 0. The van der Waals surface area contributed by atoms with Crippen molar-refractivity contribution >= 4 is 11.5 Å². The lowest BCUT2D eigenvalue weighted by atomic mass is 10.1. The van der Waals surface area contributed by atoms with Crippen LogP contribution in [-0.4, -0.2) is 17.3 Å². The predicted octanol–water partition coefficient (Wildman–Crippen LogP) is 4.26. The summed E-state index contributed by atoms with van der Waals surface area (Å²) in [5.41, 5.74) is 3.50. The summed E-state index contributed by atoms with van der Waals surface area (Å²) in [6, 6.07) is 15.9. The second-order valence-electron chi connectivity index (χ2n) is 5.74. The Kier molecular flexibility index (Phi) is 5.06. The Labute approximate surface area is 141 Å². The van der Waals surface area contributed by atoms with E-state index >= 15 is 0 Å². The summed E-state index contributed by atoms with van der Waals surface area (Å²) in [4.78, 5) is 16.0. The van der Waals surface area contributed by atoms with Crippen LogP contribution in [0.3, 0.4) is 0 Å². The van der Waals surface area contributed by atoms with Crippen LogP contribution < -0.4 is 5.32 Å². The van der Waals surface area contributed by atoms with Crippen LogP contribution in [0.1, 0.15) is 33.9 Å². The van der Waals surface area contributed by atoms with E-state index in [0.717, 1.165) is 17.9 Å². The van der Waals surface area contributed by atoms with Crippen molar-refractivity contribution in [2.75, 3.05) is 11.9 Å². The highest BCUT2D eigenvalue weighted by atomic mass is 16.3. The van der Waals surface area contributed by atoms with Gasteiger partial charge in [0.25, 0.3) is 0 Å². The molecule has 0 atom stereocenters. The molecular weight excluding hydrogens is 300 g/mol. The van der Waals surface area contributed by atoms with E-state index in [2.05, 4.69) is 22.4 Å². The molecule has 122 valence electrons. The Hall–Kier alpha value is -2.88. The molecule has 0 radical (unpaired) electrons. The van der Waals surface area contributed by atoms with Gasteiger partial charge >= 0.3 is 0 Å². The fourth-order valence-electron chi connectivity index (χ4n) is 2.50. The largest absolute Gasteiger partial charge is 0.458 e. The number of Topliss-reactive ketones (excluding diaryl/α,β-unsaturated/α-hetero) is 1. The highest BCUT2D eigenvalue weighted by molar-refractivity contribution is 5.93. The number of nitrogens with zero attached hydrogens (tertiary/aromatic N) is 1. The van der Waals surface area contributed by atoms with Crippen molar-refractivity contribution in [1.82, 2.24) is 4.98 Å². The zero-order valence-corrected chi connectivity index (χ0v) is 13.7. The molecule has 3 rings (SSSR count). The van der Waals surface area contributed by atoms with E-state index in [1.165, 1.54) is 11.1 Å². The van der Waals surface area contributed by atoms with E-state index in [-0.39, 0.29) is 5.78 Å². The number of aryl methyl sites for hydroxylation is 1. The van der Waals surface area contributed by atoms with Crippen molar-refractivity contribution in [2.24, 2.45) is 0 Å².